The second-order valence-electron chi connectivity index (χ2n) is 6.56. The molecule has 0 bridgehead atoms. The van der Waals surface area contributed by atoms with E-state index in [9.17, 15) is 9.59 Å². The zero-order chi connectivity index (χ0) is 20.4. The zero-order valence-electron chi connectivity index (χ0n) is 16.9. The van der Waals surface area contributed by atoms with Gasteiger partial charge in [0.05, 0.1) is 19.7 Å². The number of benzene rings is 2. The Labute approximate surface area is 166 Å². The van der Waals surface area contributed by atoms with Crippen molar-refractivity contribution in [1.82, 2.24) is 5.32 Å². The molecule has 0 aliphatic rings. The Morgan fingerprint density at radius 1 is 0.964 bits per heavy atom. The highest BCUT2D eigenvalue weighted by Gasteiger charge is 2.09. The summed E-state index contributed by atoms with van der Waals surface area (Å²) in [4.78, 5) is 25.5. The summed E-state index contributed by atoms with van der Waals surface area (Å²) < 4.78 is 4.85. The minimum absolute atomic E-state index is 0.191. The number of anilines is 1. The van der Waals surface area contributed by atoms with E-state index in [1.54, 1.807) is 31.2 Å². The summed E-state index contributed by atoms with van der Waals surface area (Å²) in [5.41, 5.74) is 3.35. The first-order valence-corrected chi connectivity index (χ1v) is 9.79. The Morgan fingerprint density at radius 3 is 2.29 bits per heavy atom. The summed E-state index contributed by atoms with van der Waals surface area (Å²) in [6.07, 6.45) is -0.535. The van der Waals surface area contributed by atoms with E-state index < -0.39 is 6.09 Å². The molecule has 0 radical (unpaired) electrons. The maximum Gasteiger partial charge on any atom is 0.411 e. The number of carbonyl (C=O) groups is 2. The Kier molecular flexibility index (Phi) is 8.49. The number of nitrogens with one attached hydrogen (secondary N) is 3. The van der Waals surface area contributed by atoms with Gasteiger partial charge < -0.3 is 15.0 Å². The maximum absolute atomic E-state index is 12.4. The first-order chi connectivity index (χ1) is 13.5. The van der Waals surface area contributed by atoms with Gasteiger partial charge in [0, 0.05) is 23.4 Å². The van der Waals surface area contributed by atoms with Crippen LogP contribution in [0, 0.1) is 0 Å². The van der Waals surface area contributed by atoms with E-state index in [4.69, 9.17) is 4.74 Å². The summed E-state index contributed by atoms with van der Waals surface area (Å²) in [5.74, 6) is -0.191. The molecule has 0 fully saturated rings. The molecule has 2 amide bonds. The van der Waals surface area contributed by atoms with Gasteiger partial charge in [-0.3, -0.25) is 10.1 Å². The van der Waals surface area contributed by atoms with Crippen LogP contribution in [0.4, 0.5) is 10.5 Å². The minimum atomic E-state index is -0.535. The highest BCUT2D eigenvalue weighted by Crippen LogP contribution is 2.11. The highest BCUT2D eigenvalue weighted by molar-refractivity contribution is 5.96. The summed E-state index contributed by atoms with van der Waals surface area (Å²) in [6, 6.07) is 15.1. The molecule has 0 saturated carbocycles. The van der Waals surface area contributed by atoms with E-state index >= 15 is 0 Å². The molecular formula is C22H30N3O3+. The maximum atomic E-state index is 12.4. The van der Waals surface area contributed by atoms with Crippen LogP contribution in [0.5, 0.6) is 0 Å². The fraction of sp³-hybridized carbons (Fsp3) is 0.364. The molecule has 0 heterocycles. The van der Waals surface area contributed by atoms with Crippen LogP contribution in [-0.4, -0.2) is 31.7 Å². The lowest BCUT2D eigenvalue weighted by Gasteiger charge is -2.15. The van der Waals surface area contributed by atoms with Crippen molar-refractivity contribution >= 4 is 17.7 Å². The molecule has 0 spiro atoms. The third-order valence-electron chi connectivity index (χ3n) is 4.58. The van der Waals surface area contributed by atoms with Crippen molar-refractivity contribution in [3.05, 3.63) is 65.2 Å². The molecule has 6 heteroatoms. The second kappa shape index (κ2) is 11.1. The average molecular weight is 385 g/mol. The SMILES string of the molecule is CCOC(=O)Nc1cccc(C(=O)NCc2ccc(C[NH+](CC)CC)cc2)c1. The standard InChI is InChI=1S/C22H29N3O3/c1-4-25(5-2)16-18-12-10-17(11-13-18)15-23-21(26)19-8-7-9-20(14-19)24-22(27)28-6-3/h7-14H,4-6,15-16H2,1-3H3,(H,23,26)(H,24,27)/p+1. The molecule has 0 aliphatic heterocycles. The van der Waals surface area contributed by atoms with Gasteiger partial charge in [0.15, 0.2) is 0 Å². The molecule has 150 valence electrons. The predicted octanol–water partition coefficient (Wildman–Crippen LogP) is 2.61. The van der Waals surface area contributed by atoms with Crippen LogP contribution in [0.15, 0.2) is 48.5 Å². The minimum Gasteiger partial charge on any atom is -0.450 e. The Hall–Kier alpha value is -2.86. The normalized spacial score (nSPS) is 10.6. The number of hydrogen-bond acceptors (Lipinski definition) is 3. The lowest BCUT2D eigenvalue weighted by molar-refractivity contribution is -0.910. The smallest absolute Gasteiger partial charge is 0.411 e. The summed E-state index contributed by atoms with van der Waals surface area (Å²) in [7, 11) is 0. The Bertz CT molecular complexity index is 771. The molecule has 28 heavy (non-hydrogen) atoms. The largest absolute Gasteiger partial charge is 0.450 e. The van der Waals surface area contributed by atoms with Gasteiger partial charge in [-0.2, -0.15) is 0 Å². The fourth-order valence-corrected chi connectivity index (χ4v) is 2.87. The molecular weight excluding hydrogens is 354 g/mol. The first kappa shape index (κ1) is 21.4. The molecule has 2 aromatic rings. The third-order valence-corrected chi connectivity index (χ3v) is 4.58. The summed E-state index contributed by atoms with van der Waals surface area (Å²) in [6.45, 7) is 10.1. The van der Waals surface area contributed by atoms with Crippen LogP contribution in [0.25, 0.3) is 0 Å². The van der Waals surface area contributed by atoms with E-state index in [1.165, 1.54) is 10.5 Å². The number of amides is 2. The van der Waals surface area contributed by atoms with Crippen molar-refractivity contribution in [3.8, 4) is 0 Å². The van der Waals surface area contributed by atoms with Crippen LogP contribution in [0.1, 0.15) is 42.3 Å². The molecule has 2 rings (SSSR count). The summed E-state index contributed by atoms with van der Waals surface area (Å²) in [5, 5.41) is 5.52. The highest BCUT2D eigenvalue weighted by atomic mass is 16.5. The fourth-order valence-electron chi connectivity index (χ4n) is 2.87. The van der Waals surface area contributed by atoms with Crippen molar-refractivity contribution in [2.24, 2.45) is 0 Å². The molecule has 0 aromatic heterocycles. The first-order valence-electron chi connectivity index (χ1n) is 9.79. The molecule has 6 nitrogen and oxygen atoms in total. The molecule has 0 saturated heterocycles. The zero-order valence-corrected chi connectivity index (χ0v) is 16.9. The van der Waals surface area contributed by atoms with Crippen LogP contribution < -0.4 is 15.5 Å². The van der Waals surface area contributed by atoms with Gasteiger partial charge in [0.25, 0.3) is 5.91 Å². The molecule has 0 aliphatic carbocycles. The number of carbonyl (C=O) groups excluding carboxylic acids is 2. The number of quaternary nitrogens is 1. The number of ether oxygens (including phenoxy) is 1. The van der Waals surface area contributed by atoms with Crippen molar-refractivity contribution in [3.63, 3.8) is 0 Å². The van der Waals surface area contributed by atoms with Crippen LogP contribution in [0.2, 0.25) is 0 Å². The number of hydrogen-bond donors (Lipinski definition) is 3. The number of rotatable bonds is 9. The lowest BCUT2D eigenvalue weighted by atomic mass is 10.1. The Morgan fingerprint density at radius 2 is 1.64 bits per heavy atom. The average Bonchev–Trinajstić information content (AvgIpc) is 2.71. The summed E-state index contributed by atoms with van der Waals surface area (Å²) >= 11 is 0. The third kappa shape index (κ3) is 6.70. The van der Waals surface area contributed by atoms with Gasteiger partial charge in [0.2, 0.25) is 0 Å². The van der Waals surface area contributed by atoms with Gasteiger partial charge in [-0.1, -0.05) is 30.3 Å². The van der Waals surface area contributed by atoms with Gasteiger partial charge in [-0.15, -0.1) is 0 Å². The van der Waals surface area contributed by atoms with Crippen LogP contribution in [0.3, 0.4) is 0 Å². The van der Waals surface area contributed by atoms with E-state index in [-0.39, 0.29) is 5.91 Å². The monoisotopic (exact) mass is 384 g/mol. The Balaban J connectivity index is 1.90. The van der Waals surface area contributed by atoms with Gasteiger partial charge in [-0.25, -0.2) is 4.79 Å². The van der Waals surface area contributed by atoms with Crippen LogP contribution in [-0.2, 0) is 17.8 Å². The quantitative estimate of drug-likeness (QED) is 0.622. The van der Waals surface area contributed by atoms with E-state index in [1.807, 2.05) is 0 Å². The topological polar surface area (TPSA) is 71.9 Å². The van der Waals surface area contributed by atoms with Crippen molar-refractivity contribution in [2.75, 3.05) is 25.0 Å². The lowest BCUT2D eigenvalue weighted by Crippen LogP contribution is -3.10. The van der Waals surface area contributed by atoms with Gasteiger partial charge in [0.1, 0.15) is 6.54 Å². The van der Waals surface area contributed by atoms with E-state index in [0.717, 1.165) is 25.2 Å². The molecule has 3 N–H and O–H groups in total. The van der Waals surface area contributed by atoms with Crippen molar-refractivity contribution < 1.29 is 19.2 Å². The van der Waals surface area contributed by atoms with E-state index in [2.05, 4.69) is 48.7 Å². The predicted molar refractivity (Wildman–Crippen MR) is 110 cm³/mol. The van der Waals surface area contributed by atoms with Gasteiger partial charge >= 0.3 is 6.09 Å². The van der Waals surface area contributed by atoms with Crippen molar-refractivity contribution in [1.29, 1.82) is 0 Å². The molecule has 2 aromatic carbocycles. The van der Waals surface area contributed by atoms with Crippen LogP contribution >= 0.6 is 0 Å². The van der Waals surface area contributed by atoms with Gasteiger partial charge in [-0.05, 0) is 44.5 Å². The van der Waals surface area contributed by atoms with Crippen molar-refractivity contribution in [2.45, 2.75) is 33.9 Å². The molecule has 0 unspecified atom stereocenters. The molecule has 0 atom stereocenters. The van der Waals surface area contributed by atoms with E-state index in [0.29, 0.717) is 24.4 Å². The second-order valence-corrected chi connectivity index (χ2v) is 6.56.